The molecule has 2 N–H and O–H groups in total. The Hall–Kier alpha value is -2.52. The zero-order valence-electron chi connectivity index (χ0n) is 17.9. The van der Waals surface area contributed by atoms with E-state index >= 15 is 0 Å². The number of carbonyl (C=O) groups is 2. The van der Waals surface area contributed by atoms with Crippen LogP contribution in [0.2, 0.25) is 5.15 Å². The van der Waals surface area contributed by atoms with Crippen molar-refractivity contribution in [3.05, 3.63) is 41.0 Å². The lowest BCUT2D eigenvalue weighted by Crippen LogP contribution is -2.56. The van der Waals surface area contributed by atoms with E-state index in [4.69, 9.17) is 11.6 Å². The van der Waals surface area contributed by atoms with Crippen molar-refractivity contribution in [1.82, 2.24) is 20.2 Å². The summed E-state index contributed by atoms with van der Waals surface area (Å²) in [5, 5.41) is 6.48. The van der Waals surface area contributed by atoms with Crippen LogP contribution in [-0.2, 0) is 4.79 Å². The molecule has 0 saturated carbocycles. The number of rotatable bonds is 6. The van der Waals surface area contributed by atoms with Crippen molar-refractivity contribution < 1.29 is 9.59 Å². The van der Waals surface area contributed by atoms with Crippen molar-refractivity contribution in [1.29, 1.82) is 0 Å². The van der Waals surface area contributed by atoms with E-state index in [9.17, 15) is 9.59 Å². The highest BCUT2D eigenvalue weighted by Gasteiger charge is 2.28. The van der Waals surface area contributed by atoms with Crippen LogP contribution in [-0.4, -0.2) is 64.8 Å². The van der Waals surface area contributed by atoms with Gasteiger partial charge in [-0.2, -0.15) is 0 Å². The van der Waals surface area contributed by atoms with Gasteiger partial charge in [0.05, 0.1) is 5.75 Å². The van der Waals surface area contributed by atoms with Gasteiger partial charge in [-0.1, -0.05) is 41.1 Å². The van der Waals surface area contributed by atoms with Gasteiger partial charge in [-0.05, 0) is 32.9 Å². The van der Waals surface area contributed by atoms with Crippen molar-refractivity contribution in [2.75, 3.05) is 42.1 Å². The van der Waals surface area contributed by atoms with Gasteiger partial charge in [0, 0.05) is 44.0 Å². The second-order valence-electron chi connectivity index (χ2n) is 7.36. The lowest BCUT2D eigenvalue weighted by molar-refractivity contribution is -0.113. The van der Waals surface area contributed by atoms with Crippen LogP contribution in [0.3, 0.4) is 0 Å². The minimum Gasteiger partial charge on any atom is -0.353 e. The maximum Gasteiger partial charge on any atom is 0.317 e. The molecule has 0 radical (unpaired) electrons. The second-order valence-corrected chi connectivity index (χ2v) is 8.69. The summed E-state index contributed by atoms with van der Waals surface area (Å²) in [5.41, 5.74) is 1.89. The van der Waals surface area contributed by atoms with Crippen molar-refractivity contribution in [3.63, 3.8) is 0 Å². The number of piperazine rings is 1. The van der Waals surface area contributed by atoms with Crippen LogP contribution in [0.25, 0.3) is 0 Å². The Kier molecular flexibility index (Phi) is 7.97. The number of aryl methyl sites for hydroxylation is 1. The highest BCUT2D eigenvalue weighted by atomic mass is 35.5. The van der Waals surface area contributed by atoms with E-state index in [1.807, 2.05) is 49.9 Å². The van der Waals surface area contributed by atoms with Gasteiger partial charge in [-0.25, -0.2) is 14.8 Å². The minimum absolute atomic E-state index is 0.0328. The molecule has 31 heavy (non-hydrogen) atoms. The Labute approximate surface area is 191 Å². The molecule has 2 heterocycles. The van der Waals surface area contributed by atoms with Crippen molar-refractivity contribution in [2.24, 2.45) is 0 Å². The number of benzene rings is 1. The van der Waals surface area contributed by atoms with E-state index in [0.29, 0.717) is 42.3 Å². The number of nitrogens with one attached hydrogen (secondary N) is 2. The van der Waals surface area contributed by atoms with E-state index in [0.717, 1.165) is 11.3 Å². The van der Waals surface area contributed by atoms with Gasteiger partial charge in [-0.15, -0.1) is 0 Å². The number of amides is 3. The largest absolute Gasteiger partial charge is 0.353 e. The predicted molar refractivity (Wildman–Crippen MR) is 125 cm³/mol. The first kappa shape index (κ1) is 23.1. The number of thioether (sulfide) groups is 1. The quantitative estimate of drug-likeness (QED) is 0.388. The van der Waals surface area contributed by atoms with E-state index in [1.54, 1.807) is 6.07 Å². The fourth-order valence-corrected chi connectivity index (χ4v) is 4.18. The molecule has 1 aromatic heterocycles. The number of hydrogen-bond acceptors (Lipinski definition) is 6. The molecule has 166 valence electrons. The third-order valence-corrected chi connectivity index (χ3v) is 5.91. The lowest BCUT2D eigenvalue weighted by atomic mass is 10.2. The van der Waals surface area contributed by atoms with E-state index in [2.05, 4.69) is 25.5 Å². The molecular formula is C21H27ClN6O2S. The first-order chi connectivity index (χ1) is 14.9. The van der Waals surface area contributed by atoms with Crippen LogP contribution >= 0.6 is 23.4 Å². The zero-order valence-corrected chi connectivity index (χ0v) is 19.5. The Morgan fingerprint density at radius 3 is 2.65 bits per heavy atom. The lowest BCUT2D eigenvalue weighted by Gasteiger charge is -2.40. The number of halogens is 1. The predicted octanol–water partition coefficient (Wildman–Crippen LogP) is 3.41. The molecule has 1 aliphatic rings. The summed E-state index contributed by atoms with van der Waals surface area (Å²) in [6.07, 6.45) is 0. The van der Waals surface area contributed by atoms with Crippen LogP contribution in [0.15, 0.2) is 35.5 Å². The van der Waals surface area contributed by atoms with Crippen molar-refractivity contribution >= 4 is 46.8 Å². The van der Waals surface area contributed by atoms with Crippen molar-refractivity contribution in [2.45, 2.75) is 32.0 Å². The molecule has 1 aromatic carbocycles. The fourth-order valence-electron chi connectivity index (χ4n) is 3.30. The van der Waals surface area contributed by atoms with Gasteiger partial charge in [0.1, 0.15) is 11.0 Å². The summed E-state index contributed by atoms with van der Waals surface area (Å²) < 4.78 is 0. The molecule has 0 spiro atoms. The summed E-state index contributed by atoms with van der Waals surface area (Å²) in [6, 6.07) is 9.33. The Morgan fingerprint density at radius 2 is 1.97 bits per heavy atom. The molecule has 1 fully saturated rings. The summed E-state index contributed by atoms with van der Waals surface area (Å²) >= 11 is 7.46. The summed E-state index contributed by atoms with van der Waals surface area (Å²) in [7, 11) is 0. The molecule has 8 nitrogen and oxygen atoms in total. The number of nitrogens with zero attached hydrogens (tertiary/aromatic N) is 4. The van der Waals surface area contributed by atoms with Gasteiger partial charge in [0.15, 0.2) is 5.16 Å². The summed E-state index contributed by atoms with van der Waals surface area (Å²) in [5.74, 6) is 0.738. The van der Waals surface area contributed by atoms with Crippen molar-refractivity contribution in [3.8, 4) is 0 Å². The number of anilines is 2. The summed E-state index contributed by atoms with van der Waals surface area (Å²) in [4.78, 5) is 37.2. The number of carbonyl (C=O) groups excluding carboxylic acids is 2. The smallest absolute Gasteiger partial charge is 0.317 e. The summed E-state index contributed by atoms with van der Waals surface area (Å²) in [6.45, 7) is 8.39. The topological polar surface area (TPSA) is 90.5 Å². The van der Waals surface area contributed by atoms with Crippen LogP contribution in [0.1, 0.15) is 19.4 Å². The highest BCUT2D eigenvalue weighted by Crippen LogP contribution is 2.24. The number of hydrogen-bond donors (Lipinski definition) is 2. The molecule has 3 amide bonds. The maximum absolute atomic E-state index is 12.3. The van der Waals surface area contributed by atoms with Gasteiger partial charge in [0.25, 0.3) is 0 Å². The molecule has 3 rings (SSSR count). The van der Waals surface area contributed by atoms with Gasteiger partial charge >= 0.3 is 6.03 Å². The molecule has 1 saturated heterocycles. The van der Waals surface area contributed by atoms with Gasteiger partial charge < -0.3 is 20.4 Å². The third kappa shape index (κ3) is 6.48. The SMILES string of the molecule is CCNC(=O)N1CCN(c2cc(Cl)nc(SCC(=O)Nc3ccc(C)cc3)n2)CC1C. The van der Waals surface area contributed by atoms with Gasteiger partial charge in [-0.3, -0.25) is 4.79 Å². The van der Waals surface area contributed by atoms with Crippen LogP contribution in [0.4, 0.5) is 16.3 Å². The molecule has 1 aliphatic heterocycles. The molecule has 0 bridgehead atoms. The average Bonchev–Trinajstić information content (AvgIpc) is 2.73. The Morgan fingerprint density at radius 1 is 1.23 bits per heavy atom. The molecule has 10 heteroatoms. The molecule has 1 unspecified atom stereocenters. The first-order valence-corrected chi connectivity index (χ1v) is 11.6. The second kappa shape index (κ2) is 10.7. The first-order valence-electron chi connectivity index (χ1n) is 10.2. The minimum atomic E-state index is -0.136. The Balaban J connectivity index is 1.59. The standard InChI is InChI=1S/C21H27ClN6O2S/c1-4-23-21(30)28-10-9-27(12-15(28)3)18-11-17(22)25-20(26-18)31-13-19(29)24-16-7-5-14(2)6-8-16/h5-8,11,15H,4,9-10,12-13H2,1-3H3,(H,23,30)(H,24,29). The molecule has 0 aliphatic carbocycles. The van der Waals surface area contributed by atoms with Crippen LogP contribution < -0.4 is 15.5 Å². The molecular weight excluding hydrogens is 436 g/mol. The molecule has 2 aromatic rings. The third-order valence-electron chi connectivity index (χ3n) is 4.87. The molecule has 1 atom stereocenters. The van der Waals surface area contributed by atoms with E-state index < -0.39 is 0 Å². The normalized spacial score (nSPS) is 16.2. The zero-order chi connectivity index (χ0) is 22.4. The monoisotopic (exact) mass is 462 g/mol. The van der Waals surface area contributed by atoms with Gasteiger partial charge in [0.2, 0.25) is 5.91 Å². The maximum atomic E-state index is 12.3. The Bertz CT molecular complexity index is 927. The highest BCUT2D eigenvalue weighted by molar-refractivity contribution is 7.99. The van der Waals surface area contributed by atoms with E-state index in [1.165, 1.54) is 11.8 Å². The number of urea groups is 1. The van der Waals surface area contributed by atoms with Crippen LogP contribution in [0.5, 0.6) is 0 Å². The fraction of sp³-hybridized carbons (Fsp3) is 0.429. The van der Waals surface area contributed by atoms with Crippen LogP contribution in [0, 0.1) is 6.92 Å². The average molecular weight is 463 g/mol. The van der Waals surface area contributed by atoms with E-state index in [-0.39, 0.29) is 23.7 Å². The number of aromatic nitrogens is 2.